The highest BCUT2D eigenvalue weighted by Gasteiger charge is 2.03. The summed E-state index contributed by atoms with van der Waals surface area (Å²) in [5, 5.41) is 7.58. The Morgan fingerprint density at radius 3 is 3.05 bits per heavy atom. The van der Waals surface area contributed by atoms with Crippen molar-refractivity contribution in [3.63, 3.8) is 0 Å². The first-order valence-corrected chi connectivity index (χ1v) is 8.08. The van der Waals surface area contributed by atoms with Crippen molar-refractivity contribution in [3.05, 3.63) is 39.9 Å². The fraction of sp³-hybridized carbons (Fsp3) is 0.333. The summed E-state index contributed by atoms with van der Waals surface area (Å²) in [7, 11) is 0. The second kappa shape index (κ2) is 8.00. The van der Waals surface area contributed by atoms with E-state index >= 15 is 0 Å². The van der Waals surface area contributed by atoms with Crippen LogP contribution in [-0.4, -0.2) is 17.8 Å². The fourth-order valence-electron chi connectivity index (χ4n) is 1.64. The average molecular weight is 324 g/mol. The molecule has 0 atom stereocenters. The van der Waals surface area contributed by atoms with Gasteiger partial charge in [-0.3, -0.25) is 5.43 Å². The minimum Gasteiger partial charge on any atom is -0.493 e. The van der Waals surface area contributed by atoms with Crippen LogP contribution >= 0.6 is 22.9 Å². The molecule has 0 bridgehead atoms. The minimum absolute atomic E-state index is 0.657. The molecule has 0 aliphatic heterocycles. The number of hydrogen-bond acceptors (Lipinski definition) is 5. The first kappa shape index (κ1) is 15.8. The number of aryl methyl sites for hydroxylation is 1. The van der Waals surface area contributed by atoms with E-state index in [9.17, 15) is 0 Å². The summed E-state index contributed by atoms with van der Waals surface area (Å²) in [4.78, 5) is 4.28. The van der Waals surface area contributed by atoms with E-state index in [-0.39, 0.29) is 0 Å². The molecule has 0 saturated heterocycles. The zero-order valence-corrected chi connectivity index (χ0v) is 13.7. The van der Waals surface area contributed by atoms with Crippen molar-refractivity contribution in [2.45, 2.75) is 26.7 Å². The van der Waals surface area contributed by atoms with Crippen LogP contribution in [0.5, 0.6) is 5.75 Å². The van der Waals surface area contributed by atoms with Gasteiger partial charge in [-0.15, -0.1) is 11.3 Å². The highest BCUT2D eigenvalue weighted by molar-refractivity contribution is 7.13. The van der Waals surface area contributed by atoms with E-state index in [1.54, 1.807) is 6.21 Å². The van der Waals surface area contributed by atoms with Gasteiger partial charge in [0, 0.05) is 16.0 Å². The third kappa shape index (κ3) is 5.02. The maximum atomic E-state index is 6.03. The van der Waals surface area contributed by atoms with Crippen LogP contribution in [0.25, 0.3) is 0 Å². The molecule has 0 amide bonds. The van der Waals surface area contributed by atoms with Gasteiger partial charge >= 0.3 is 0 Å². The molecule has 4 nitrogen and oxygen atoms in total. The molecule has 0 radical (unpaired) electrons. The summed E-state index contributed by atoms with van der Waals surface area (Å²) in [6.07, 6.45) is 3.82. The summed E-state index contributed by atoms with van der Waals surface area (Å²) < 4.78 is 5.75. The number of halogens is 1. The Hall–Kier alpha value is -1.59. The van der Waals surface area contributed by atoms with Gasteiger partial charge in [-0.2, -0.15) is 5.10 Å². The van der Waals surface area contributed by atoms with Crippen molar-refractivity contribution in [1.82, 2.24) is 4.98 Å². The number of rotatable bonds is 7. The molecule has 6 heteroatoms. The number of ether oxygens (including phenoxy) is 1. The fourth-order valence-corrected chi connectivity index (χ4v) is 2.46. The lowest BCUT2D eigenvalue weighted by atomic mass is 10.2. The van der Waals surface area contributed by atoms with Crippen LogP contribution in [0.2, 0.25) is 5.02 Å². The summed E-state index contributed by atoms with van der Waals surface area (Å²) in [5.74, 6) is 0.786. The number of nitrogens with zero attached hydrogens (tertiary/aromatic N) is 2. The second-order valence-electron chi connectivity index (χ2n) is 4.55. The van der Waals surface area contributed by atoms with Crippen LogP contribution in [0.15, 0.2) is 28.7 Å². The van der Waals surface area contributed by atoms with Crippen molar-refractivity contribution in [2.75, 3.05) is 12.0 Å². The van der Waals surface area contributed by atoms with E-state index in [1.807, 2.05) is 30.5 Å². The number of hydrogen-bond donors (Lipinski definition) is 1. The first-order chi connectivity index (χ1) is 10.2. The van der Waals surface area contributed by atoms with Crippen molar-refractivity contribution < 1.29 is 4.74 Å². The van der Waals surface area contributed by atoms with E-state index in [0.717, 1.165) is 35.0 Å². The molecule has 0 fully saturated rings. The highest BCUT2D eigenvalue weighted by Crippen LogP contribution is 2.22. The molecule has 2 aromatic rings. The SMILES string of the molecule is CCCCOc1ccc(Cl)cc1C=NNc1nc(C)cs1. The molecule has 0 aliphatic carbocycles. The Balaban J connectivity index is 2.04. The van der Waals surface area contributed by atoms with Gasteiger partial charge in [-0.1, -0.05) is 24.9 Å². The predicted octanol–water partition coefficient (Wildman–Crippen LogP) is 4.73. The van der Waals surface area contributed by atoms with Crippen molar-refractivity contribution in [1.29, 1.82) is 0 Å². The van der Waals surface area contributed by atoms with Crippen LogP contribution < -0.4 is 10.2 Å². The van der Waals surface area contributed by atoms with Crippen LogP contribution in [0, 0.1) is 6.92 Å². The van der Waals surface area contributed by atoms with Gasteiger partial charge in [0.15, 0.2) is 0 Å². The maximum Gasteiger partial charge on any atom is 0.203 e. The van der Waals surface area contributed by atoms with E-state index < -0.39 is 0 Å². The summed E-state index contributed by atoms with van der Waals surface area (Å²) >= 11 is 7.55. The van der Waals surface area contributed by atoms with E-state index in [0.29, 0.717) is 11.6 Å². The standard InChI is InChI=1S/C15H18ClN3OS/c1-3-4-7-20-14-6-5-13(16)8-12(14)9-17-19-15-18-11(2)10-21-15/h5-6,8-10H,3-4,7H2,1-2H3,(H,18,19). The van der Waals surface area contributed by atoms with E-state index in [1.165, 1.54) is 11.3 Å². The monoisotopic (exact) mass is 323 g/mol. The topological polar surface area (TPSA) is 46.5 Å². The second-order valence-corrected chi connectivity index (χ2v) is 5.84. The van der Waals surface area contributed by atoms with Gasteiger partial charge in [0.25, 0.3) is 0 Å². The van der Waals surface area contributed by atoms with Crippen LogP contribution in [0.3, 0.4) is 0 Å². The van der Waals surface area contributed by atoms with Gasteiger partial charge in [-0.05, 0) is 31.5 Å². The molecule has 21 heavy (non-hydrogen) atoms. The molecule has 1 aromatic heterocycles. The molecule has 112 valence electrons. The zero-order valence-electron chi connectivity index (χ0n) is 12.1. The van der Waals surface area contributed by atoms with Crippen molar-refractivity contribution in [3.8, 4) is 5.75 Å². The molecule has 0 unspecified atom stereocenters. The highest BCUT2D eigenvalue weighted by atomic mass is 35.5. The number of nitrogens with one attached hydrogen (secondary N) is 1. The minimum atomic E-state index is 0.657. The van der Waals surface area contributed by atoms with Gasteiger partial charge in [0.05, 0.1) is 18.5 Å². The predicted molar refractivity (Wildman–Crippen MR) is 89.9 cm³/mol. The Labute approximate surface area is 133 Å². The Bertz CT molecular complexity index is 613. The van der Waals surface area contributed by atoms with Crippen LogP contribution in [0.1, 0.15) is 31.0 Å². The van der Waals surface area contributed by atoms with Gasteiger partial charge in [0.2, 0.25) is 5.13 Å². The quantitative estimate of drug-likeness (QED) is 0.455. The van der Waals surface area contributed by atoms with Crippen molar-refractivity contribution >= 4 is 34.3 Å². The summed E-state index contributed by atoms with van der Waals surface area (Å²) in [6, 6.07) is 5.52. The molecule has 1 aromatic carbocycles. The number of benzene rings is 1. The van der Waals surface area contributed by atoms with Gasteiger partial charge < -0.3 is 4.74 Å². The molecule has 0 aliphatic rings. The van der Waals surface area contributed by atoms with Gasteiger partial charge in [-0.25, -0.2) is 4.98 Å². The molecular weight excluding hydrogens is 306 g/mol. The number of hydrazone groups is 1. The summed E-state index contributed by atoms with van der Waals surface area (Å²) in [5.41, 5.74) is 4.73. The van der Waals surface area contributed by atoms with E-state index in [2.05, 4.69) is 22.4 Å². The normalized spacial score (nSPS) is 11.0. The van der Waals surface area contributed by atoms with Gasteiger partial charge in [0.1, 0.15) is 5.75 Å². The maximum absolute atomic E-state index is 6.03. The molecule has 0 spiro atoms. The lowest BCUT2D eigenvalue weighted by Gasteiger charge is -2.08. The zero-order chi connectivity index (χ0) is 15.1. The number of unbranched alkanes of at least 4 members (excludes halogenated alkanes) is 1. The lowest BCUT2D eigenvalue weighted by molar-refractivity contribution is 0.309. The number of anilines is 1. The molecule has 2 rings (SSSR count). The number of thiazole rings is 1. The summed E-state index contributed by atoms with van der Waals surface area (Å²) in [6.45, 7) is 4.77. The van der Waals surface area contributed by atoms with Crippen LogP contribution in [0.4, 0.5) is 5.13 Å². The lowest BCUT2D eigenvalue weighted by Crippen LogP contribution is -2.00. The first-order valence-electron chi connectivity index (χ1n) is 6.82. The van der Waals surface area contributed by atoms with Crippen LogP contribution in [-0.2, 0) is 0 Å². The Morgan fingerprint density at radius 2 is 2.33 bits per heavy atom. The smallest absolute Gasteiger partial charge is 0.203 e. The third-order valence-electron chi connectivity index (χ3n) is 2.71. The Kier molecular flexibility index (Phi) is 6.02. The largest absolute Gasteiger partial charge is 0.493 e. The molecule has 0 saturated carbocycles. The molecular formula is C15H18ClN3OS. The molecule has 1 heterocycles. The van der Waals surface area contributed by atoms with Crippen molar-refractivity contribution in [2.24, 2.45) is 5.10 Å². The third-order valence-corrected chi connectivity index (χ3v) is 3.81. The van der Waals surface area contributed by atoms with E-state index in [4.69, 9.17) is 16.3 Å². The number of aromatic nitrogens is 1. The Morgan fingerprint density at radius 1 is 1.48 bits per heavy atom. The molecule has 1 N–H and O–H groups in total. The average Bonchev–Trinajstić information content (AvgIpc) is 2.87.